The molecule has 18 heteroatoms. The zero-order chi connectivity index (χ0) is 48.4. The van der Waals surface area contributed by atoms with E-state index in [-0.39, 0.29) is 53.5 Å². The molecule has 8 rings (SSSR count). The summed E-state index contributed by atoms with van der Waals surface area (Å²) in [5.74, 6) is -0.0621. The largest absolute Gasteiger partial charge is 0.396 e. The first-order valence-electron chi connectivity index (χ1n) is 24.1. The Kier molecular flexibility index (Phi) is 13.8. The molecule has 0 aromatic heterocycles. The second-order valence-corrected chi connectivity index (χ2v) is 23.3. The number of ketones is 1. The van der Waals surface area contributed by atoms with Crippen molar-refractivity contribution in [2.24, 2.45) is 50.2 Å². The number of hydrogen-bond donors (Lipinski definition) is 10. The Morgan fingerprint density at radius 3 is 2.02 bits per heavy atom. The molecule has 7 fully saturated rings. The van der Waals surface area contributed by atoms with Gasteiger partial charge in [-0.05, 0) is 78.9 Å². The van der Waals surface area contributed by atoms with Crippen LogP contribution in [0.25, 0.3) is 0 Å². The van der Waals surface area contributed by atoms with Crippen LogP contribution in [-0.2, 0) is 38.0 Å². The van der Waals surface area contributed by atoms with Gasteiger partial charge >= 0.3 is 0 Å². The van der Waals surface area contributed by atoms with E-state index in [0.29, 0.717) is 25.7 Å². The fourth-order valence-corrected chi connectivity index (χ4v) is 15.0. The average Bonchev–Trinajstić information content (AvgIpc) is 3.25. The summed E-state index contributed by atoms with van der Waals surface area (Å²) in [7, 11) is 1.75. The number of aliphatic hydroxyl groups is 10. The zero-order valence-corrected chi connectivity index (χ0v) is 39.9. The SMILES string of the molecule is CO[C@@H]1C=C2[C@@H]3CC(C)(C)C(=O)C[C@]3(CO)[C@H](O)C[C@@]2(C)[C@]2(C)CC[C@H]3C(C)(C)[C@@H](O[C@@H]4O[C@H](C)[C@H](O)[C@H](O)[C@H]4O[C@@H]4O[C@H](CO)[C@@H](O)[C@H](O)[C@H]4O[C@@H]4OC[C@@H](O)[C@H](O)[C@H]4O)CC[C@]3(C)[C@@H]12. The number of ether oxygens (including phenoxy) is 7. The van der Waals surface area contributed by atoms with Crippen LogP contribution in [-0.4, -0.2) is 188 Å². The van der Waals surface area contributed by atoms with Crippen LogP contribution in [0.2, 0.25) is 0 Å². The molecule has 378 valence electrons. The molecule has 10 N–H and O–H groups in total. The third kappa shape index (κ3) is 7.65. The van der Waals surface area contributed by atoms with E-state index in [1.54, 1.807) is 14.0 Å². The number of rotatable bonds is 9. The standard InChI is InChI=1S/C48H78O18/c1-21-31(54)34(57)37(66-42-38(35(58)33(56)26(18-49)63-42)65-40-36(59)32(55)24(51)19-61-40)41(62-21)64-30-11-12-45(6)27(44(30,4)5)10-13-46(7)39(45)25(60-9)14-22-23-15-43(2,3)28(52)17-48(23,20-50)29(53)16-47(22,46)8/h14,21,23-27,29-42,49-51,53-59H,10-13,15-20H2,1-9H3/t21-,23+,24-,25-,26-,27+,29-,30+,31+,32+,33-,34+,35+,36-,37-,38-,39-,40+,41+,42+,45+,46-,47-,48-/m1/s1. The summed E-state index contributed by atoms with van der Waals surface area (Å²) in [6.07, 6.45) is -16.9. The first-order valence-corrected chi connectivity index (χ1v) is 24.1. The van der Waals surface area contributed by atoms with Crippen molar-refractivity contribution in [1.29, 1.82) is 0 Å². The lowest BCUT2D eigenvalue weighted by atomic mass is 9.33. The first-order chi connectivity index (χ1) is 30.8. The van der Waals surface area contributed by atoms with Crippen molar-refractivity contribution in [3.63, 3.8) is 0 Å². The van der Waals surface area contributed by atoms with Gasteiger partial charge in [0.2, 0.25) is 0 Å². The minimum atomic E-state index is -1.81. The molecule has 0 unspecified atom stereocenters. The van der Waals surface area contributed by atoms with Gasteiger partial charge in [0.25, 0.3) is 0 Å². The number of fused-ring (bicyclic) bond motifs is 7. The summed E-state index contributed by atoms with van der Waals surface area (Å²) in [6, 6.07) is 0. The fraction of sp³-hybridized carbons (Fsp3) is 0.938. The van der Waals surface area contributed by atoms with Gasteiger partial charge in [-0.25, -0.2) is 0 Å². The van der Waals surface area contributed by atoms with Crippen LogP contribution in [0.5, 0.6) is 0 Å². The Labute approximate surface area is 387 Å². The summed E-state index contributed by atoms with van der Waals surface area (Å²) >= 11 is 0. The molecule has 0 aromatic carbocycles. The third-order valence-electron chi connectivity index (χ3n) is 19.2. The van der Waals surface area contributed by atoms with E-state index >= 15 is 0 Å². The van der Waals surface area contributed by atoms with Gasteiger partial charge in [0.15, 0.2) is 18.9 Å². The average molecular weight is 943 g/mol. The Balaban J connectivity index is 1.07. The quantitative estimate of drug-likeness (QED) is 0.108. The highest BCUT2D eigenvalue weighted by molar-refractivity contribution is 5.86. The molecule has 0 radical (unpaired) electrons. The molecule has 3 saturated heterocycles. The van der Waals surface area contributed by atoms with E-state index in [1.165, 1.54) is 5.57 Å². The third-order valence-corrected chi connectivity index (χ3v) is 19.2. The first kappa shape index (κ1) is 51.1. The molecular formula is C48H78O18. The van der Waals surface area contributed by atoms with Gasteiger partial charge in [0, 0.05) is 30.3 Å². The zero-order valence-electron chi connectivity index (χ0n) is 39.9. The predicted molar refractivity (Wildman–Crippen MR) is 231 cm³/mol. The topological polar surface area (TPSA) is 284 Å². The van der Waals surface area contributed by atoms with Crippen molar-refractivity contribution in [3.05, 3.63) is 11.6 Å². The molecule has 66 heavy (non-hydrogen) atoms. The van der Waals surface area contributed by atoms with Gasteiger partial charge in [0.1, 0.15) is 66.8 Å². The summed E-state index contributed by atoms with van der Waals surface area (Å²) in [5.41, 5.74) is -2.03. The van der Waals surface area contributed by atoms with E-state index in [1.807, 2.05) is 13.8 Å². The number of allylic oxidation sites excluding steroid dienone is 1. The molecule has 3 aliphatic heterocycles. The van der Waals surface area contributed by atoms with Gasteiger partial charge in [-0.1, -0.05) is 60.1 Å². The Morgan fingerprint density at radius 1 is 0.742 bits per heavy atom. The molecule has 0 spiro atoms. The highest BCUT2D eigenvalue weighted by Gasteiger charge is 2.72. The number of carbonyl (C=O) groups excluding carboxylic acids is 1. The lowest BCUT2D eigenvalue weighted by Crippen LogP contribution is -2.70. The molecule has 24 atom stereocenters. The summed E-state index contributed by atoms with van der Waals surface area (Å²) in [5, 5.41) is 109. The monoisotopic (exact) mass is 943 g/mol. The second kappa shape index (κ2) is 17.8. The predicted octanol–water partition coefficient (Wildman–Crippen LogP) is 0.0553. The lowest BCUT2D eigenvalue weighted by molar-refractivity contribution is -0.393. The van der Waals surface area contributed by atoms with Crippen molar-refractivity contribution < 1.29 is 89.0 Å². The van der Waals surface area contributed by atoms with Crippen molar-refractivity contribution in [1.82, 2.24) is 0 Å². The summed E-state index contributed by atoms with van der Waals surface area (Å²) < 4.78 is 43.2. The van der Waals surface area contributed by atoms with Gasteiger partial charge in [-0.2, -0.15) is 0 Å². The second-order valence-electron chi connectivity index (χ2n) is 23.3. The van der Waals surface area contributed by atoms with Gasteiger partial charge < -0.3 is 84.2 Å². The van der Waals surface area contributed by atoms with Crippen molar-refractivity contribution >= 4 is 5.78 Å². The van der Waals surface area contributed by atoms with Crippen LogP contribution in [0.1, 0.15) is 100 Å². The van der Waals surface area contributed by atoms with Gasteiger partial charge in [0.05, 0.1) is 44.2 Å². The number of carbonyl (C=O) groups is 1. The van der Waals surface area contributed by atoms with Gasteiger partial charge in [-0.15, -0.1) is 0 Å². The van der Waals surface area contributed by atoms with Gasteiger partial charge in [-0.3, -0.25) is 4.79 Å². The molecule has 3 heterocycles. The minimum Gasteiger partial charge on any atom is -0.396 e. The highest BCUT2D eigenvalue weighted by Crippen LogP contribution is 2.76. The maximum atomic E-state index is 13.5. The molecule has 4 saturated carbocycles. The highest BCUT2D eigenvalue weighted by atomic mass is 16.8. The Hall–Kier alpha value is -1.27. The summed E-state index contributed by atoms with van der Waals surface area (Å²) in [4.78, 5) is 13.5. The molecular weight excluding hydrogens is 865 g/mol. The fourth-order valence-electron chi connectivity index (χ4n) is 15.0. The lowest BCUT2D eigenvalue weighted by Gasteiger charge is -2.72. The van der Waals surface area contributed by atoms with E-state index < -0.39 is 133 Å². The van der Waals surface area contributed by atoms with Crippen molar-refractivity contribution in [3.8, 4) is 0 Å². The van der Waals surface area contributed by atoms with Crippen LogP contribution >= 0.6 is 0 Å². The smallest absolute Gasteiger partial charge is 0.187 e. The van der Waals surface area contributed by atoms with Crippen LogP contribution in [0.15, 0.2) is 11.6 Å². The number of Topliss-reactive ketones (excluding diaryl/α,β-unsaturated/α-hetero) is 1. The van der Waals surface area contributed by atoms with Crippen LogP contribution in [0.3, 0.4) is 0 Å². The Morgan fingerprint density at radius 2 is 1.38 bits per heavy atom. The Bertz CT molecular complexity index is 1810. The normalized spacial score (nSPS) is 54.6. The van der Waals surface area contributed by atoms with Crippen molar-refractivity contribution in [2.45, 2.75) is 205 Å². The molecule has 0 amide bonds. The van der Waals surface area contributed by atoms with Crippen LogP contribution < -0.4 is 0 Å². The van der Waals surface area contributed by atoms with E-state index in [0.717, 1.165) is 12.8 Å². The minimum absolute atomic E-state index is 0.00598. The number of hydrogen-bond acceptors (Lipinski definition) is 18. The van der Waals surface area contributed by atoms with E-state index in [2.05, 4.69) is 40.7 Å². The van der Waals surface area contributed by atoms with E-state index in [4.69, 9.17) is 33.2 Å². The maximum Gasteiger partial charge on any atom is 0.187 e. The molecule has 5 aliphatic carbocycles. The van der Waals surface area contributed by atoms with Crippen LogP contribution in [0.4, 0.5) is 0 Å². The summed E-state index contributed by atoms with van der Waals surface area (Å²) in [6.45, 7) is 15.4. The van der Waals surface area contributed by atoms with Crippen LogP contribution in [0, 0.1) is 50.2 Å². The molecule has 8 aliphatic rings. The molecule has 0 bridgehead atoms. The molecule has 18 nitrogen and oxygen atoms in total. The maximum absolute atomic E-state index is 13.5. The number of aliphatic hydroxyl groups excluding tert-OH is 10. The van der Waals surface area contributed by atoms with E-state index in [9.17, 15) is 55.9 Å². The molecule has 0 aromatic rings. The van der Waals surface area contributed by atoms with Crippen molar-refractivity contribution in [2.75, 3.05) is 26.9 Å². The number of methoxy groups -OCH3 is 1.